The second-order valence-electron chi connectivity index (χ2n) is 4.22. The summed E-state index contributed by atoms with van der Waals surface area (Å²) in [5.74, 6) is -0.444. The highest BCUT2D eigenvalue weighted by atomic mass is 16.5. The van der Waals surface area contributed by atoms with Crippen molar-refractivity contribution in [3.8, 4) is 0 Å². The molecule has 0 aromatic carbocycles. The second-order valence-corrected chi connectivity index (χ2v) is 4.22. The molecule has 0 aliphatic carbocycles. The number of aromatic carboxylic acids is 1. The Bertz CT molecular complexity index is 421. The standard InChI is InChI=1S/C12H19N3O3/c1-8(2)15(4-5-18-3)11-10(13)6-9(7-14-11)12(16)17/h6-8H,4-5,13H2,1-3H3,(H,16,17). The summed E-state index contributed by atoms with van der Waals surface area (Å²) in [7, 11) is 1.63. The first-order chi connectivity index (χ1) is 8.47. The zero-order valence-corrected chi connectivity index (χ0v) is 10.9. The van der Waals surface area contributed by atoms with Crippen LogP contribution >= 0.6 is 0 Å². The SMILES string of the molecule is COCCN(c1ncc(C(=O)O)cc1N)C(C)C. The van der Waals surface area contributed by atoms with Crippen LogP contribution in [0.5, 0.6) is 0 Å². The van der Waals surface area contributed by atoms with E-state index in [0.29, 0.717) is 24.7 Å². The van der Waals surface area contributed by atoms with E-state index < -0.39 is 5.97 Å². The van der Waals surface area contributed by atoms with E-state index in [1.165, 1.54) is 12.3 Å². The summed E-state index contributed by atoms with van der Waals surface area (Å²) in [5, 5.41) is 8.86. The molecule has 1 rings (SSSR count). The number of anilines is 2. The van der Waals surface area contributed by atoms with Gasteiger partial charge in [-0.3, -0.25) is 0 Å². The molecular formula is C12H19N3O3. The minimum absolute atomic E-state index is 0.0895. The number of ether oxygens (including phenoxy) is 1. The highest BCUT2D eigenvalue weighted by molar-refractivity contribution is 5.89. The molecule has 1 heterocycles. The molecule has 0 saturated carbocycles. The first-order valence-corrected chi connectivity index (χ1v) is 5.71. The molecule has 0 atom stereocenters. The van der Waals surface area contributed by atoms with Crippen LogP contribution in [0.4, 0.5) is 11.5 Å². The lowest BCUT2D eigenvalue weighted by molar-refractivity contribution is 0.0696. The average Bonchev–Trinajstić information content (AvgIpc) is 2.30. The lowest BCUT2D eigenvalue weighted by Gasteiger charge is -2.28. The smallest absolute Gasteiger partial charge is 0.337 e. The molecule has 6 nitrogen and oxygen atoms in total. The fourth-order valence-corrected chi connectivity index (χ4v) is 1.63. The Hall–Kier alpha value is -1.82. The number of carboxylic acid groups (broad SMARTS) is 1. The van der Waals surface area contributed by atoms with Gasteiger partial charge in [0.25, 0.3) is 0 Å². The van der Waals surface area contributed by atoms with Crippen LogP contribution in [0.25, 0.3) is 0 Å². The zero-order chi connectivity index (χ0) is 13.7. The monoisotopic (exact) mass is 253 g/mol. The third-order valence-electron chi connectivity index (χ3n) is 2.57. The maximum absolute atomic E-state index is 10.8. The molecule has 0 aliphatic rings. The van der Waals surface area contributed by atoms with Gasteiger partial charge in [-0.1, -0.05) is 0 Å². The normalized spacial score (nSPS) is 10.7. The van der Waals surface area contributed by atoms with E-state index in [1.54, 1.807) is 7.11 Å². The number of hydrogen-bond acceptors (Lipinski definition) is 5. The van der Waals surface area contributed by atoms with Crippen molar-refractivity contribution in [2.75, 3.05) is 30.9 Å². The number of nitrogens with two attached hydrogens (primary N) is 1. The van der Waals surface area contributed by atoms with Gasteiger partial charge in [0, 0.05) is 25.9 Å². The van der Waals surface area contributed by atoms with Crippen molar-refractivity contribution in [2.24, 2.45) is 0 Å². The van der Waals surface area contributed by atoms with Crippen molar-refractivity contribution in [3.63, 3.8) is 0 Å². The van der Waals surface area contributed by atoms with E-state index in [9.17, 15) is 4.79 Å². The Labute approximate surface area is 106 Å². The number of aromatic nitrogens is 1. The molecule has 0 fully saturated rings. The van der Waals surface area contributed by atoms with E-state index in [4.69, 9.17) is 15.6 Å². The molecule has 0 bridgehead atoms. The number of pyridine rings is 1. The van der Waals surface area contributed by atoms with Crippen LogP contribution in [-0.2, 0) is 4.74 Å². The molecule has 6 heteroatoms. The van der Waals surface area contributed by atoms with E-state index in [0.717, 1.165) is 0 Å². The van der Waals surface area contributed by atoms with Gasteiger partial charge in [0.1, 0.15) is 0 Å². The number of methoxy groups -OCH3 is 1. The van der Waals surface area contributed by atoms with E-state index >= 15 is 0 Å². The van der Waals surface area contributed by atoms with Crippen LogP contribution < -0.4 is 10.6 Å². The molecule has 0 radical (unpaired) electrons. The summed E-state index contributed by atoms with van der Waals surface area (Å²) in [5.41, 5.74) is 6.31. The lowest BCUT2D eigenvalue weighted by Crippen LogP contribution is -2.35. The molecule has 0 aliphatic heterocycles. The predicted molar refractivity (Wildman–Crippen MR) is 70.0 cm³/mol. The van der Waals surface area contributed by atoms with Crippen molar-refractivity contribution >= 4 is 17.5 Å². The number of hydrogen-bond donors (Lipinski definition) is 2. The zero-order valence-electron chi connectivity index (χ0n) is 10.9. The van der Waals surface area contributed by atoms with Gasteiger partial charge in [0.05, 0.1) is 17.9 Å². The third-order valence-corrected chi connectivity index (χ3v) is 2.57. The summed E-state index contributed by atoms with van der Waals surface area (Å²) in [6, 6.07) is 1.62. The van der Waals surface area contributed by atoms with E-state index in [2.05, 4.69) is 4.98 Å². The van der Waals surface area contributed by atoms with Crippen molar-refractivity contribution in [3.05, 3.63) is 17.8 Å². The van der Waals surface area contributed by atoms with Crippen LogP contribution in [0, 0.1) is 0 Å². The topological polar surface area (TPSA) is 88.7 Å². The first-order valence-electron chi connectivity index (χ1n) is 5.71. The van der Waals surface area contributed by atoms with Gasteiger partial charge < -0.3 is 20.5 Å². The molecular weight excluding hydrogens is 234 g/mol. The second kappa shape index (κ2) is 6.20. The van der Waals surface area contributed by atoms with Gasteiger partial charge in [0.2, 0.25) is 0 Å². The number of nitrogens with zero attached hydrogens (tertiary/aromatic N) is 2. The van der Waals surface area contributed by atoms with Crippen LogP contribution in [0.15, 0.2) is 12.3 Å². The fourth-order valence-electron chi connectivity index (χ4n) is 1.63. The number of carbonyl (C=O) groups is 1. The summed E-state index contributed by atoms with van der Waals surface area (Å²) in [6.45, 7) is 5.24. The molecule has 18 heavy (non-hydrogen) atoms. The molecule has 0 unspecified atom stereocenters. The highest BCUT2D eigenvalue weighted by Crippen LogP contribution is 2.22. The molecule has 1 aromatic rings. The molecule has 0 amide bonds. The van der Waals surface area contributed by atoms with Crippen LogP contribution in [0.1, 0.15) is 24.2 Å². The summed E-state index contributed by atoms with van der Waals surface area (Å²) < 4.78 is 5.04. The van der Waals surface area contributed by atoms with Crippen molar-refractivity contribution < 1.29 is 14.6 Å². The number of rotatable bonds is 6. The van der Waals surface area contributed by atoms with Crippen LogP contribution in [-0.4, -0.2) is 42.4 Å². The highest BCUT2D eigenvalue weighted by Gasteiger charge is 2.16. The molecule has 0 saturated heterocycles. The maximum Gasteiger partial charge on any atom is 0.337 e. The van der Waals surface area contributed by atoms with Crippen LogP contribution in [0.2, 0.25) is 0 Å². The van der Waals surface area contributed by atoms with Crippen LogP contribution in [0.3, 0.4) is 0 Å². The number of nitrogen functional groups attached to an aromatic ring is 1. The van der Waals surface area contributed by atoms with Gasteiger partial charge >= 0.3 is 5.97 Å². The summed E-state index contributed by atoms with van der Waals surface area (Å²) in [6.07, 6.45) is 1.32. The summed E-state index contributed by atoms with van der Waals surface area (Å²) in [4.78, 5) is 16.9. The van der Waals surface area contributed by atoms with Crippen molar-refractivity contribution in [1.29, 1.82) is 0 Å². The molecule has 0 spiro atoms. The molecule has 100 valence electrons. The maximum atomic E-state index is 10.8. The minimum atomic E-state index is -1.03. The van der Waals surface area contributed by atoms with Gasteiger partial charge in [0.15, 0.2) is 5.82 Å². The quantitative estimate of drug-likeness (QED) is 0.792. The third kappa shape index (κ3) is 3.33. The Kier molecular flexibility index (Phi) is 4.91. The molecule has 3 N–H and O–H groups in total. The van der Waals surface area contributed by atoms with E-state index in [-0.39, 0.29) is 11.6 Å². The van der Waals surface area contributed by atoms with E-state index in [1.807, 2.05) is 18.7 Å². The lowest BCUT2D eigenvalue weighted by atomic mass is 10.2. The Balaban J connectivity index is 3.01. The Morgan fingerprint density at radius 2 is 2.28 bits per heavy atom. The average molecular weight is 253 g/mol. The van der Waals surface area contributed by atoms with Crippen molar-refractivity contribution in [1.82, 2.24) is 4.98 Å². The minimum Gasteiger partial charge on any atom is -0.478 e. The molecule has 1 aromatic heterocycles. The first kappa shape index (κ1) is 14.2. The van der Waals surface area contributed by atoms with Gasteiger partial charge in [-0.05, 0) is 19.9 Å². The van der Waals surface area contributed by atoms with Gasteiger partial charge in [-0.25, -0.2) is 9.78 Å². The van der Waals surface area contributed by atoms with Gasteiger partial charge in [-0.15, -0.1) is 0 Å². The predicted octanol–water partition coefficient (Wildman–Crippen LogP) is 1.22. The van der Waals surface area contributed by atoms with Gasteiger partial charge in [-0.2, -0.15) is 0 Å². The Morgan fingerprint density at radius 1 is 1.61 bits per heavy atom. The van der Waals surface area contributed by atoms with Crippen molar-refractivity contribution in [2.45, 2.75) is 19.9 Å². The fraction of sp³-hybridized carbons (Fsp3) is 0.500. The largest absolute Gasteiger partial charge is 0.478 e. The summed E-state index contributed by atoms with van der Waals surface area (Å²) >= 11 is 0. The number of carboxylic acids is 1. The Morgan fingerprint density at radius 3 is 2.72 bits per heavy atom.